The smallest absolute Gasteiger partial charge is 0.326 e. The third-order valence-electron chi connectivity index (χ3n) is 3.20. The number of aliphatic carboxylic acids is 1. The molecule has 1 aromatic rings. The van der Waals surface area contributed by atoms with Crippen LogP contribution in [0.2, 0.25) is 0 Å². The number of nitrogens with zero attached hydrogens (tertiary/aromatic N) is 1. The molecule has 0 spiro atoms. The number of fused-ring (bicyclic) bond motifs is 1. The Labute approximate surface area is 112 Å². The number of ether oxygens (including phenoxy) is 2. The summed E-state index contributed by atoms with van der Waals surface area (Å²) in [5.74, 6) is 0.594. The van der Waals surface area contributed by atoms with Gasteiger partial charge in [0.05, 0.1) is 0 Å². The summed E-state index contributed by atoms with van der Waals surface area (Å²) in [4.78, 5) is 13.3. The highest BCUT2D eigenvalue weighted by Crippen LogP contribution is 2.36. The van der Waals surface area contributed by atoms with E-state index in [1.165, 1.54) is 0 Å². The molecule has 1 aromatic carbocycles. The monoisotopic (exact) mass is 265 g/mol. The molecule has 0 saturated carbocycles. The minimum absolute atomic E-state index is 0.225. The number of rotatable bonds is 6. The lowest BCUT2D eigenvalue weighted by Gasteiger charge is -2.30. The van der Waals surface area contributed by atoms with Crippen LogP contribution in [0.3, 0.4) is 0 Å². The Morgan fingerprint density at radius 1 is 1.37 bits per heavy atom. The van der Waals surface area contributed by atoms with Gasteiger partial charge in [-0.1, -0.05) is 13.8 Å². The fourth-order valence-corrected chi connectivity index (χ4v) is 2.30. The molecule has 0 fully saturated rings. The fraction of sp³-hybridized carbons (Fsp3) is 0.500. The summed E-state index contributed by atoms with van der Waals surface area (Å²) < 4.78 is 10.6. The largest absolute Gasteiger partial charge is 0.480 e. The van der Waals surface area contributed by atoms with Gasteiger partial charge in [-0.05, 0) is 25.0 Å². The highest BCUT2D eigenvalue weighted by Gasteiger charge is 2.25. The first-order valence-electron chi connectivity index (χ1n) is 6.56. The molecule has 0 radical (unpaired) electrons. The Bertz CT molecular complexity index is 461. The van der Waals surface area contributed by atoms with Crippen molar-refractivity contribution < 1.29 is 19.4 Å². The summed E-state index contributed by atoms with van der Waals surface area (Å²) in [7, 11) is 0. The average Bonchev–Trinajstić information content (AvgIpc) is 2.85. The van der Waals surface area contributed by atoms with E-state index in [0.717, 1.165) is 12.1 Å². The van der Waals surface area contributed by atoms with Gasteiger partial charge in [-0.3, -0.25) is 0 Å². The molecule has 0 aliphatic carbocycles. The number of carboxylic acid groups (broad SMARTS) is 1. The molecule has 5 heteroatoms. The van der Waals surface area contributed by atoms with Crippen LogP contribution in [0.4, 0.5) is 5.69 Å². The van der Waals surface area contributed by atoms with Gasteiger partial charge in [-0.2, -0.15) is 0 Å². The zero-order valence-electron chi connectivity index (χ0n) is 11.3. The Balaban J connectivity index is 2.30. The molecule has 0 aromatic heterocycles. The van der Waals surface area contributed by atoms with Crippen LogP contribution in [0.15, 0.2) is 18.2 Å². The molecule has 0 bridgehead atoms. The summed E-state index contributed by atoms with van der Waals surface area (Å²) >= 11 is 0. The molecule has 1 aliphatic heterocycles. The molecule has 2 rings (SSSR count). The van der Waals surface area contributed by atoms with Crippen LogP contribution >= 0.6 is 0 Å². The lowest BCUT2D eigenvalue weighted by Crippen LogP contribution is -2.41. The summed E-state index contributed by atoms with van der Waals surface area (Å²) in [5.41, 5.74) is 0.861. The van der Waals surface area contributed by atoms with Crippen LogP contribution in [0, 0.1) is 0 Å². The second-order valence-corrected chi connectivity index (χ2v) is 4.49. The molecule has 1 heterocycles. The van der Waals surface area contributed by atoms with Crippen molar-refractivity contribution in [2.24, 2.45) is 0 Å². The first-order chi connectivity index (χ1) is 9.17. The van der Waals surface area contributed by atoms with E-state index < -0.39 is 12.0 Å². The summed E-state index contributed by atoms with van der Waals surface area (Å²) in [6.45, 7) is 4.84. The maximum Gasteiger partial charge on any atom is 0.326 e. The zero-order chi connectivity index (χ0) is 13.8. The Kier molecular flexibility index (Phi) is 4.14. The highest BCUT2D eigenvalue weighted by molar-refractivity contribution is 5.78. The second-order valence-electron chi connectivity index (χ2n) is 4.49. The van der Waals surface area contributed by atoms with Crippen molar-refractivity contribution in [3.05, 3.63) is 18.2 Å². The van der Waals surface area contributed by atoms with Crippen molar-refractivity contribution in [3.63, 3.8) is 0 Å². The van der Waals surface area contributed by atoms with Crippen molar-refractivity contribution in [2.75, 3.05) is 18.2 Å². The lowest BCUT2D eigenvalue weighted by molar-refractivity contribution is -0.138. The van der Waals surface area contributed by atoms with Crippen LogP contribution < -0.4 is 14.4 Å². The Morgan fingerprint density at radius 3 is 2.74 bits per heavy atom. The van der Waals surface area contributed by atoms with Gasteiger partial charge in [0.2, 0.25) is 6.79 Å². The molecule has 1 N–H and O–H groups in total. The van der Waals surface area contributed by atoms with Crippen LogP contribution in [-0.2, 0) is 4.79 Å². The molecule has 1 unspecified atom stereocenters. The van der Waals surface area contributed by atoms with E-state index >= 15 is 0 Å². The summed E-state index contributed by atoms with van der Waals surface area (Å²) in [6.07, 6.45) is 1.45. The fourth-order valence-electron chi connectivity index (χ4n) is 2.30. The van der Waals surface area contributed by atoms with Gasteiger partial charge in [-0.25, -0.2) is 4.79 Å². The van der Waals surface area contributed by atoms with Crippen molar-refractivity contribution >= 4 is 11.7 Å². The molecule has 1 atom stereocenters. The van der Waals surface area contributed by atoms with Crippen molar-refractivity contribution in [2.45, 2.75) is 32.7 Å². The van der Waals surface area contributed by atoms with E-state index in [9.17, 15) is 9.90 Å². The molecule has 5 nitrogen and oxygen atoms in total. The first kappa shape index (κ1) is 13.5. The minimum Gasteiger partial charge on any atom is -0.480 e. The molecule has 0 amide bonds. The average molecular weight is 265 g/mol. The molecular weight excluding hydrogens is 246 g/mol. The van der Waals surface area contributed by atoms with Crippen LogP contribution in [0.25, 0.3) is 0 Å². The van der Waals surface area contributed by atoms with Gasteiger partial charge in [0.15, 0.2) is 11.5 Å². The Hall–Kier alpha value is -1.91. The molecule has 1 aliphatic rings. The van der Waals surface area contributed by atoms with Crippen molar-refractivity contribution in [1.82, 2.24) is 0 Å². The molecule has 0 saturated heterocycles. The predicted octanol–water partition coefficient (Wildman–Crippen LogP) is 2.49. The third-order valence-corrected chi connectivity index (χ3v) is 3.20. The van der Waals surface area contributed by atoms with Gasteiger partial charge in [-0.15, -0.1) is 0 Å². The minimum atomic E-state index is -0.798. The number of benzene rings is 1. The van der Waals surface area contributed by atoms with E-state index in [2.05, 4.69) is 0 Å². The normalized spacial score (nSPS) is 14.2. The van der Waals surface area contributed by atoms with E-state index in [1.807, 2.05) is 36.9 Å². The molecular formula is C14H19NO4. The highest BCUT2D eigenvalue weighted by atomic mass is 16.7. The van der Waals surface area contributed by atoms with E-state index in [1.54, 1.807) is 0 Å². The number of anilines is 1. The SMILES string of the molecule is CCCN(c1ccc2c(c1)OCO2)C(CC)C(=O)O. The first-order valence-corrected chi connectivity index (χ1v) is 6.56. The van der Waals surface area contributed by atoms with Crippen LogP contribution in [-0.4, -0.2) is 30.5 Å². The van der Waals surface area contributed by atoms with Gasteiger partial charge in [0.25, 0.3) is 0 Å². The Morgan fingerprint density at radius 2 is 2.11 bits per heavy atom. The zero-order valence-corrected chi connectivity index (χ0v) is 11.3. The number of carbonyl (C=O) groups is 1. The van der Waals surface area contributed by atoms with E-state index in [4.69, 9.17) is 9.47 Å². The van der Waals surface area contributed by atoms with Crippen LogP contribution in [0.5, 0.6) is 11.5 Å². The van der Waals surface area contributed by atoms with Crippen molar-refractivity contribution in [3.8, 4) is 11.5 Å². The standard InChI is InChI=1S/C14H19NO4/c1-3-7-15(11(4-2)14(16)17)10-5-6-12-13(8-10)19-9-18-12/h5-6,8,11H,3-4,7,9H2,1-2H3,(H,16,17). The quantitative estimate of drug-likeness (QED) is 0.856. The van der Waals surface area contributed by atoms with Gasteiger partial charge < -0.3 is 19.5 Å². The number of hydrogen-bond donors (Lipinski definition) is 1. The lowest BCUT2D eigenvalue weighted by atomic mass is 10.1. The topological polar surface area (TPSA) is 59.0 Å². The van der Waals surface area contributed by atoms with Crippen molar-refractivity contribution in [1.29, 1.82) is 0 Å². The maximum atomic E-state index is 11.4. The van der Waals surface area contributed by atoms with Gasteiger partial charge >= 0.3 is 5.97 Å². The molecule has 19 heavy (non-hydrogen) atoms. The third kappa shape index (κ3) is 2.75. The summed E-state index contributed by atoms with van der Waals surface area (Å²) in [6, 6.07) is 5.05. The van der Waals surface area contributed by atoms with Crippen LogP contribution in [0.1, 0.15) is 26.7 Å². The maximum absolute atomic E-state index is 11.4. The molecule has 104 valence electrons. The van der Waals surface area contributed by atoms with Gasteiger partial charge in [0.1, 0.15) is 6.04 Å². The van der Waals surface area contributed by atoms with E-state index in [0.29, 0.717) is 24.5 Å². The second kappa shape index (κ2) is 5.82. The van der Waals surface area contributed by atoms with Gasteiger partial charge in [0, 0.05) is 18.3 Å². The summed E-state index contributed by atoms with van der Waals surface area (Å²) in [5, 5.41) is 9.33. The number of hydrogen-bond acceptors (Lipinski definition) is 4. The number of carboxylic acids is 1. The van der Waals surface area contributed by atoms with E-state index in [-0.39, 0.29) is 6.79 Å². The predicted molar refractivity (Wildman–Crippen MR) is 71.9 cm³/mol.